The van der Waals surface area contributed by atoms with Crippen LogP contribution in [0.2, 0.25) is 0 Å². The fourth-order valence-corrected chi connectivity index (χ4v) is 4.26. The molecule has 9 heteroatoms. The summed E-state index contributed by atoms with van der Waals surface area (Å²) in [4.78, 5) is 53.4. The Hall–Kier alpha value is -3.10. The van der Waals surface area contributed by atoms with Gasteiger partial charge in [-0.15, -0.1) is 0 Å². The molecular weight excluding hydrogens is 460 g/mol. The topological polar surface area (TPSA) is 131 Å². The number of benzene rings is 1. The number of amides is 4. The molecule has 0 saturated heterocycles. The highest BCUT2D eigenvalue weighted by atomic mass is 16.6. The van der Waals surface area contributed by atoms with E-state index in [2.05, 4.69) is 10.6 Å². The van der Waals surface area contributed by atoms with Crippen molar-refractivity contribution in [2.45, 2.75) is 109 Å². The van der Waals surface area contributed by atoms with E-state index >= 15 is 0 Å². The number of nitrogens with one attached hydrogen (secondary N) is 2. The maximum atomic E-state index is 14.0. The Morgan fingerprint density at radius 3 is 2.22 bits per heavy atom. The van der Waals surface area contributed by atoms with Crippen molar-refractivity contribution in [2.75, 3.05) is 0 Å². The largest absolute Gasteiger partial charge is 0.444 e. The fourth-order valence-electron chi connectivity index (χ4n) is 4.26. The highest BCUT2D eigenvalue weighted by molar-refractivity contribution is 5.92. The van der Waals surface area contributed by atoms with Crippen molar-refractivity contribution in [3.8, 4) is 0 Å². The maximum absolute atomic E-state index is 14.0. The molecule has 36 heavy (non-hydrogen) atoms. The van der Waals surface area contributed by atoms with E-state index in [0.717, 1.165) is 32.1 Å². The first-order valence-electron chi connectivity index (χ1n) is 12.9. The molecule has 4 N–H and O–H groups in total. The quantitative estimate of drug-likeness (QED) is 0.402. The number of hydrogen-bond acceptors (Lipinski definition) is 5. The molecule has 200 valence electrons. The predicted octanol–water partition coefficient (Wildman–Crippen LogP) is 3.57. The molecule has 0 radical (unpaired) electrons. The molecule has 0 aromatic heterocycles. The minimum atomic E-state index is -1.07. The first kappa shape index (κ1) is 29.1. The molecule has 3 atom stereocenters. The van der Waals surface area contributed by atoms with Crippen LogP contribution in [-0.2, 0) is 19.1 Å². The van der Waals surface area contributed by atoms with Crippen LogP contribution < -0.4 is 16.4 Å². The summed E-state index contributed by atoms with van der Waals surface area (Å²) < 4.78 is 5.36. The summed E-state index contributed by atoms with van der Waals surface area (Å²) >= 11 is 0. The Morgan fingerprint density at radius 1 is 1.08 bits per heavy atom. The van der Waals surface area contributed by atoms with Gasteiger partial charge in [0.15, 0.2) is 0 Å². The SMILES string of the molecule is CCCC(C)NC(=O)C(c1ccccc1)N(C(=O)C(CCC(N)=O)NC(=O)OC(C)(C)C)C1CCC1. The third-order valence-electron chi connectivity index (χ3n) is 6.14. The second-order valence-corrected chi connectivity index (χ2v) is 10.5. The Bertz CT molecular complexity index is 895. The Labute approximate surface area is 214 Å². The zero-order valence-corrected chi connectivity index (χ0v) is 22.2. The summed E-state index contributed by atoms with van der Waals surface area (Å²) in [5, 5.41) is 5.69. The van der Waals surface area contributed by atoms with Gasteiger partial charge in [-0.2, -0.15) is 0 Å². The predicted molar refractivity (Wildman–Crippen MR) is 138 cm³/mol. The third-order valence-corrected chi connectivity index (χ3v) is 6.14. The maximum Gasteiger partial charge on any atom is 0.408 e. The molecule has 1 aromatic carbocycles. The van der Waals surface area contributed by atoms with Gasteiger partial charge >= 0.3 is 6.09 Å². The summed E-state index contributed by atoms with van der Waals surface area (Å²) in [5.74, 6) is -1.29. The standard InChI is InChI=1S/C27H42N4O5/c1-6-11-18(2)29-24(33)23(19-12-8-7-9-13-19)31(20-14-10-15-20)25(34)21(16-17-22(28)32)30-26(35)36-27(3,4)5/h7-9,12-13,18,20-21,23H,6,10-11,14-17H2,1-5H3,(H2,28,32)(H,29,33)(H,30,35). The van der Waals surface area contributed by atoms with Crippen molar-refractivity contribution < 1.29 is 23.9 Å². The minimum absolute atomic E-state index is 0.00595. The number of rotatable bonds is 12. The number of alkyl carbamates (subject to hydrolysis) is 1. The van der Waals surface area contributed by atoms with Gasteiger partial charge in [0.05, 0.1) is 0 Å². The van der Waals surface area contributed by atoms with Crippen molar-refractivity contribution in [1.82, 2.24) is 15.5 Å². The Kier molecular flexibility index (Phi) is 10.7. The molecule has 0 aliphatic heterocycles. The summed E-state index contributed by atoms with van der Waals surface area (Å²) in [6.07, 6.45) is 3.31. The molecule has 1 aromatic rings. The summed E-state index contributed by atoms with van der Waals surface area (Å²) in [5.41, 5.74) is 5.28. The molecule has 0 spiro atoms. The van der Waals surface area contributed by atoms with Crippen molar-refractivity contribution >= 4 is 23.8 Å². The number of nitrogens with two attached hydrogens (primary N) is 1. The lowest BCUT2D eigenvalue weighted by Crippen LogP contribution is -2.58. The first-order chi connectivity index (χ1) is 16.9. The average molecular weight is 503 g/mol. The van der Waals surface area contributed by atoms with Gasteiger partial charge < -0.3 is 26.0 Å². The molecule has 0 heterocycles. The Morgan fingerprint density at radius 2 is 1.72 bits per heavy atom. The van der Waals surface area contributed by atoms with Crippen LogP contribution in [0.5, 0.6) is 0 Å². The average Bonchev–Trinajstić information content (AvgIpc) is 2.74. The molecule has 1 saturated carbocycles. The van der Waals surface area contributed by atoms with Crippen LogP contribution in [0.3, 0.4) is 0 Å². The van der Waals surface area contributed by atoms with E-state index in [0.29, 0.717) is 5.56 Å². The lowest BCUT2D eigenvalue weighted by Gasteiger charge is -2.43. The van der Waals surface area contributed by atoms with Crippen molar-refractivity contribution in [3.63, 3.8) is 0 Å². The molecule has 3 unspecified atom stereocenters. The fraction of sp³-hybridized carbons (Fsp3) is 0.630. The van der Waals surface area contributed by atoms with E-state index in [-0.39, 0.29) is 30.8 Å². The van der Waals surface area contributed by atoms with Crippen molar-refractivity contribution in [3.05, 3.63) is 35.9 Å². The zero-order chi connectivity index (χ0) is 26.9. The summed E-state index contributed by atoms with van der Waals surface area (Å²) in [6, 6.07) is 7.01. The van der Waals surface area contributed by atoms with Crippen LogP contribution in [-0.4, -0.2) is 52.4 Å². The van der Waals surface area contributed by atoms with Gasteiger partial charge in [0.25, 0.3) is 0 Å². The van der Waals surface area contributed by atoms with Gasteiger partial charge in [-0.3, -0.25) is 14.4 Å². The van der Waals surface area contributed by atoms with Crippen molar-refractivity contribution in [1.29, 1.82) is 0 Å². The van der Waals surface area contributed by atoms with Gasteiger partial charge in [0, 0.05) is 18.5 Å². The molecular formula is C27H42N4O5. The number of carbonyl (C=O) groups excluding carboxylic acids is 4. The van der Waals surface area contributed by atoms with Gasteiger partial charge in [-0.25, -0.2) is 4.79 Å². The molecule has 9 nitrogen and oxygen atoms in total. The van der Waals surface area contributed by atoms with E-state index in [1.54, 1.807) is 25.7 Å². The van der Waals surface area contributed by atoms with Crippen LogP contribution >= 0.6 is 0 Å². The molecule has 4 amide bonds. The Balaban J connectivity index is 2.44. The number of primary amides is 1. The highest BCUT2D eigenvalue weighted by Crippen LogP contribution is 2.34. The van der Waals surface area contributed by atoms with Crippen LogP contribution in [0.4, 0.5) is 4.79 Å². The number of nitrogens with zero attached hydrogens (tertiary/aromatic N) is 1. The highest BCUT2D eigenvalue weighted by Gasteiger charge is 2.42. The molecule has 0 bridgehead atoms. The van der Waals surface area contributed by atoms with Crippen LogP contribution in [0.15, 0.2) is 30.3 Å². The third kappa shape index (κ3) is 8.84. The van der Waals surface area contributed by atoms with Crippen LogP contribution in [0, 0.1) is 0 Å². The smallest absolute Gasteiger partial charge is 0.408 e. The molecule has 1 aliphatic carbocycles. The van der Waals surface area contributed by atoms with Gasteiger partial charge in [0.2, 0.25) is 17.7 Å². The molecule has 2 rings (SSSR count). The van der Waals surface area contributed by atoms with E-state index in [1.165, 1.54) is 0 Å². The summed E-state index contributed by atoms with van der Waals surface area (Å²) in [6.45, 7) is 9.16. The number of ether oxygens (including phenoxy) is 1. The summed E-state index contributed by atoms with van der Waals surface area (Å²) in [7, 11) is 0. The second kappa shape index (κ2) is 13.3. The number of hydrogen-bond donors (Lipinski definition) is 3. The molecule has 1 aliphatic rings. The lowest BCUT2D eigenvalue weighted by molar-refractivity contribution is -0.148. The second-order valence-electron chi connectivity index (χ2n) is 10.5. The van der Waals surface area contributed by atoms with Gasteiger partial charge in [0.1, 0.15) is 17.7 Å². The van der Waals surface area contributed by atoms with Crippen molar-refractivity contribution in [2.24, 2.45) is 5.73 Å². The minimum Gasteiger partial charge on any atom is -0.444 e. The van der Waals surface area contributed by atoms with Gasteiger partial charge in [-0.1, -0.05) is 43.7 Å². The monoisotopic (exact) mass is 502 g/mol. The lowest BCUT2D eigenvalue weighted by atomic mass is 9.87. The van der Waals surface area contributed by atoms with Crippen LogP contribution in [0.25, 0.3) is 0 Å². The first-order valence-corrected chi connectivity index (χ1v) is 12.9. The number of carbonyl (C=O) groups is 4. The zero-order valence-electron chi connectivity index (χ0n) is 22.2. The normalized spacial score (nSPS) is 16.1. The molecule has 1 fully saturated rings. The van der Waals surface area contributed by atoms with Gasteiger partial charge in [-0.05, 0) is 65.4 Å². The van der Waals surface area contributed by atoms with E-state index in [4.69, 9.17) is 10.5 Å². The van der Waals surface area contributed by atoms with Crippen LogP contribution in [0.1, 0.15) is 91.2 Å². The van der Waals surface area contributed by atoms with E-state index in [9.17, 15) is 19.2 Å². The van der Waals surface area contributed by atoms with E-state index in [1.807, 2.05) is 44.2 Å². The van der Waals surface area contributed by atoms with E-state index < -0.39 is 35.6 Å².